The van der Waals surface area contributed by atoms with Gasteiger partial charge in [0.2, 0.25) is 3.53 Å². The molecule has 0 amide bonds. The van der Waals surface area contributed by atoms with Gasteiger partial charge in [-0.2, -0.15) is 0 Å². The summed E-state index contributed by atoms with van der Waals surface area (Å²) in [5.74, 6) is -1.49. The van der Waals surface area contributed by atoms with Gasteiger partial charge in [0.25, 0.3) is 0 Å². The van der Waals surface area contributed by atoms with Gasteiger partial charge in [-0.05, 0) is 34.2 Å². The maximum atomic E-state index is 6.24. The third-order valence-corrected chi connectivity index (χ3v) is 16.5. The van der Waals surface area contributed by atoms with Crippen LogP contribution in [0.25, 0.3) is 0 Å². The third kappa shape index (κ3) is 4.65. The van der Waals surface area contributed by atoms with Gasteiger partial charge < -0.3 is 4.41 Å². The van der Waals surface area contributed by atoms with Crippen molar-refractivity contribution >= 4 is 64.4 Å². The van der Waals surface area contributed by atoms with Crippen LogP contribution in [-0.4, -0.2) is 29.5 Å². The number of alkyl halides is 3. The molecule has 0 radical (unpaired) electrons. The Balaban J connectivity index is 3.11. The van der Waals surface area contributed by atoms with E-state index < -0.39 is 17.7 Å². The van der Waals surface area contributed by atoms with Gasteiger partial charge in [0, 0.05) is 13.1 Å². The Morgan fingerprint density at radius 3 is 2.00 bits per heavy atom. The van der Waals surface area contributed by atoms with E-state index in [2.05, 4.69) is 46.7 Å². The Kier molecular flexibility index (Phi) is 6.19. The largest absolute Gasteiger partial charge is 0.312 e. The molecule has 18 heavy (non-hydrogen) atoms. The number of hydrogen-bond donors (Lipinski definition) is 0. The first kappa shape index (κ1) is 17.8. The Hall–Kier alpha value is 1.76. The molecule has 0 bridgehead atoms. The second kappa shape index (κ2) is 6.25. The quantitative estimate of drug-likeness (QED) is 0.294. The zero-order chi connectivity index (χ0) is 14.2. The van der Waals surface area contributed by atoms with Crippen molar-refractivity contribution in [3.05, 3.63) is 0 Å². The molecule has 0 N–H and O–H groups in total. The first-order valence-corrected chi connectivity index (χ1v) is 14.4. The molecule has 1 atom stereocenters. The van der Waals surface area contributed by atoms with Gasteiger partial charge in [-0.1, -0.05) is 61.4 Å². The molecule has 1 rings (SSSR count). The predicted octanol–water partition coefficient (Wildman–Crippen LogP) is 6.31. The molecule has 1 unspecified atom stereocenters. The number of hydrogen-bond acceptors (Lipinski definition) is 1. The third-order valence-electron chi connectivity index (χ3n) is 2.89. The lowest BCUT2D eigenvalue weighted by molar-refractivity contribution is 0.301. The van der Waals surface area contributed by atoms with Gasteiger partial charge in [0.15, 0.2) is 8.24 Å². The zero-order valence-electron chi connectivity index (χ0n) is 11.3. The summed E-state index contributed by atoms with van der Waals surface area (Å²) < 4.78 is 5.88. The van der Waals surface area contributed by atoms with Gasteiger partial charge in [-0.25, -0.2) is 0 Å². The van der Waals surface area contributed by atoms with Gasteiger partial charge in [0.05, 0.1) is 0 Å². The maximum absolute atomic E-state index is 6.24. The van der Waals surface area contributed by atoms with E-state index in [0.29, 0.717) is 0 Å². The Morgan fingerprint density at radius 2 is 1.67 bits per heavy atom. The van der Waals surface area contributed by atoms with Crippen LogP contribution < -0.4 is 0 Å². The van der Waals surface area contributed by atoms with E-state index in [0.717, 1.165) is 31.8 Å². The summed E-state index contributed by atoms with van der Waals surface area (Å²) in [7, 11) is -1.67. The SMILES string of the molecule is CC1CCN(P(Br)(=N[Si](C)(C)C)C(Cl)(Cl)Cl)CC1. The first-order valence-electron chi connectivity index (χ1n) is 6.11. The highest BCUT2D eigenvalue weighted by Gasteiger charge is 2.45. The van der Waals surface area contributed by atoms with Crippen molar-refractivity contribution in [3.8, 4) is 0 Å². The highest BCUT2D eigenvalue weighted by Crippen LogP contribution is 2.76. The molecule has 0 aromatic rings. The van der Waals surface area contributed by atoms with E-state index in [-0.39, 0.29) is 0 Å². The van der Waals surface area contributed by atoms with Crippen molar-refractivity contribution in [1.82, 2.24) is 4.67 Å². The predicted molar refractivity (Wildman–Crippen MR) is 91.9 cm³/mol. The van der Waals surface area contributed by atoms with Crippen LogP contribution in [0.1, 0.15) is 19.8 Å². The van der Waals surface area contributed by atoms with E-state index in [1.165, 1.54) is 0 Å². The molecule has 0 spiro atoms. The fraction of sp³-hybridized carbons (Fsp3) is 1.00. The van der Waals surface area contributed by atoms with Gasteiger partial charge in [0.1, 0.15) is 5.91 Å². The van der Waals surface area contributed by atoms with E-state index in [9.17, 15) is 0 Å². The topological polar surface area (TPSA) is 15.6 Å². The summed E-state index contributed by atoms with van der Waals surface area (Å²) >= 11 is 22.4. The summed E-state index contributed by atoms with van der Waals surface area (Å²) in [5, 5.41) is 0. The van der Waals surface area contributed by atoms with E-state index in [4.69, 9.17) is 39.2 Å². The average molecular weight is 415 g/mol. The van der Waals surface area contributed by atoms with Crippen LogP contribution in [0.5, 0.6) is 0 Å². The molecule has 0 saturated carbocycles. The minimum atomic E-state index is -2.25. The van der Waals surface area contributed by atoms with Crippen molar-refractivity contribution in [1.29, 1.82) is 0 Å². The fourth-order valence-electron chi connectivity index (χ4n) is 1.94. The van der Waals surface area contributed by atoms with Crippen LogP contribution in [0.3, 0.4) is 0 Å². The zero-order valence-corrected chi connectivity index (χ0v) is 17.0. The summed E-state index contributed by atoms with van der Waals surface area (Å²) in [4.78, 5) is 0. The van der Waals surface area contributed by atoms with E-state index in [1.807, 2.05) is 0 Å². The molecule has 2 nitrogen and oxygen atoms in total. The minimum absolute atomic E-state index is 0.754. The average Bonchev–Trinajstić information content (AvgIpc) is 2.13. The second-order valence-corrected chi connectivity index (χ2v) is 19.4. The summed E-state index contributed by atoms with van der Waals surface area (Å²) in [5.41, 5.74) is 0. The highest BCUT2D eigenvalue weighted by molar-refractivity contribution is 9.40. The standard InChI is InChI=1S/C10H21BrCl3N2PSi/c1-9-5-7-16(8-6-9)17(11,10(12,13)14)15-18(2,3)4/h9H,5-8H2,1-4H3. The van der Waals surface area contributed by atoms with Crippen LogP contribution >= 0.6 is 56.2 Å². The van der Waals surface area contributed by atoms with Crippen LogP contribution in [0.4, 0.5) is 0 Å². The molecule has 0 aliphatic carbocycles. The van der Waals surface area contributed by atoms with Crippen LogP contribution in [0.15, 0.2) is 4.41 Å². The van der Waals surface area contributed by atoms with Crippen LogP contribution in [-0.2, 0) is 0 Å². The number of nitrogens with zero attached hydrogens (tertiary/aromatic N) is 2. The highest BCUT2D eigenvalue weighted by atomic mass is 79.9. The first-order chi connectivity index (χ1) is 7.96. The summed E-state index contributed by atoms with van der Waals surface area (Å²) in [6.07, 6.45) is 2.30. The molecule has 8 heteroatoms. The molecule has 108 valence electrons. The molecule has 1 fully saturated rings. The van der Waals surface area contributed by atoms with Crippen molar-refractivity contribution < 1.29 is 0 Å². The van der Waals surface area contributed by atoms with Crippen molar-refractivity contribution in [2.75, 3.05) is 13.1 Å². The Bertz CT molecular complexity index is 346. The van der Waals surface area contributed by atoms with Crippen molar-refractivity contribution in [3.63, 3.8) is 0 Å². The molecular formula is C10H21BrCl3N2PSi. The molecule has 0 aromatic heterocycles. The summed E-state index contributed by atoms with van der Waals surface area (Å²) in [6, 6.07) is 0. The van der Waals surface area contributed by atoms with Crippen molar-refractivity contribution in [2.24, 2.45) is 10.3 Å². The number of piperidine rings is 1. The Labute approximate surface area is 135 Å². The van der Waals surface area contributed by atoms with Gasteiger partial charge in [-0.3, -0.25) is 4.67 Å². The number of halogens is 4. The van der Waals surface area contributed by atoms with Crippen LogP contribution in [0, 0.1) is 5.92 Å². The maximum Gasteiger partial charge on any atom is 0.245 e. The molecule has 1 saturated heterocycles. The lowest BCUT2D eigenvalue weighted by Crippen LogP contribution is -2.33. The molecule has 1 heterocycles. The molecule has 1 aliphatic rings. The Morgan fingerprint density at radius 1 is 1.22 bits per heavy atom. The van der Waals surface area contributed by atoms with Gasteiger partial charge >= 0.3 is 0 Å². The lowest BCUT2D eigenvalue weighted by atomic mass is 10.0. The van der Waals surface area contributed by atoms with E-state index >= 15 is 0 Å². The molecule has 1 aliphatic heterocycles. The molecule has 0 aromatic carbocycles. The van der Waals surface area contributed by atoms with E-state index in [1.54, 1.807) is 0 Å². The monoisotopic (exact) mass is 412 g/mol. The lowest BCUT2D eigenvalue weighted by Gasteiger charge is -2.41. The van der Waals surface area contributed by atoms with Crippen molar-refractivity contribution in [2.45, 2.75) is 42.9 Å². The van der Waals surface area contributed by atoms with Gasteiger partial charge in [-0.15, -0.1) is 0 Å². The summed E-state index contributed by atoms with van der Waals surface area (Å²) in [6.45, 7) is 10.7. The fourth-order valence-corrected chi connectivity index (χ4v) is 14.4. The second-order valence-electron chi connectivity index (χ2n) is 5.90. The molecular weight excluding hydrogens is 393 g/mol. The minimum Gasteiger partial charge on any atom is -0.312 e. The normalized spacial score (nSPS) is 23.8. The van der Waals surface area contributed by atoms with Crippen LogP contribution in [0.2, 0.25) is 19.6 Å². The number of rotatable bonds is 2. The smallest absolute Gasteiger partial charge is 0.245 e.